The van der Waals surface area contributed by atoms with Crippen molar-refractivity contribution in [1.82, 2.24) is 0 Å². The third kappa shape index (κ3) is 4.86. The monoisotopic (exact) mass is 768 g/mol. The highest BCUT2D eigenvalue weighted by Crippen LogP contribution is 2.46. The fourth-order valence-corrected chi connectivity index (χ4v) is 11.9. The van der Waals surface area contributed by atoms with Gasteiger partial charge in [0, 0.05) is 40.3 Å². The Morgan fingerprint density at radius 1 is 0.207 bits per heavy atom. The Labute approximate surface area is 342 Å². The lowest BCUT2D eigenvalue weighted by Gasteiger charge is -2.18. The molecule has 0 saturated carbocycles. The molecule has 268 valence electrons. The maximum atomic E-state index is 2.42. The van der Waals surface area contributed by atoms with E-state index >= 15 is 0 Å². The molecule has 13 aromatic rings. The van der Waals surface area contributed by atoms with E-state index in [0.29, 0.717) is 0 Å². The number of hydrogen-bond acceptors (Lipinski definition) is 2. The number of thiophene rings is 2. The fourth-order valence-electron chi connectivity index (χ4n) is 9.60. The van der Waals surface area contributed by atoms with Crippen molar-refractivity contribution in [3.05, 3.63) is 194 Å². The van der Waals surface area contributed by atoms with Crippen LogP contribution in [0.15, 0.2) is 194 Å². The molecular weight excluding hydrogens is 737 g/mol. The van der Waals surface area contributed by atoms with Gasteiger partial charge in [-0.15, -0.1) is 22.7 Å². The molecule has 0 bridgehead atoms. The lowest BCUT2D eigenvalue weighted by Crippen LogP contribution is -1.91. The van der Waals surface area contributed by atoms with E-state index in [0.717, 1.165) is 0 Å². The molecule has 2 aromatic heterocycles. The highest BCUT2D eigenvalue weighted by atomic mass is 32.1. The van der Waals surface area contributed by atoms with Crippen molar-refractivity contribution in [2.75, 3.05) is 0 Å². The molecule has 0 fully saturated rings. The van der Waals surface area contributed by atoms with Crippen molar-refractivity contribution >= 4 is 117 Å². The summed E-state index contributed by atoms with van der Waals surface area (Å²) >= 11 is 3.79. The van der Waals surface area contributed by atoms with Gasteiger partial charge in [0.2, 0.25) is 0 Å². The SMILES string of the molecule is c1ccc2cc(-c3c4ccccc4c(-c4ccc5cc(-c6ccc7sc8cc9cc%10sc%11ccccc%11c%10cc9cc8c7c6)ccc5c4)c4ccccc34)ccc2c1. The van der Waals surface area contributed by atoms with Crippen LogP contribution in [0.5, 0.6) is 0 Å². The molecule has 0 aliphatic heterocycles. The second-order valence-electron chi connectivity index (χ2n) is 15.6. The lowest BCUT2D eigenvalue weighted by atomic mass is 9.85. The number of rotatable bonds is 3. The van der Waals surface area contributed by atoms with Crippen molar-refractivity contribution in [2.24, 2.45) is 0 Å². The zero-order chi connectivity index (χ0) is 37.9. The van der Waals surface area contributed by atoms with Gasteiger partial charge in [-0.05, 0) is 148 Å². The average molecular weight is 769 g/mol. The molecule has 0 spiro atoms. The van der Waals surface area contributed by atoms with Crippen LogP contribution >= 0.6 is 22.7 Å². The van der Waals surface area contributed by atoms with E-state index < -0.39 is 0 Å². The van der Waals surface area contributed by atoms with Gasteiger partial charge in [-0.25, -0.2) is 0 Å². The standard InChI is InChI=1S/C56H32S2/c1-2-10-34-26-39(21-17-33(34)9-1)55-44-12-3-5-14-46(44)56(47-15-6-4-13-45(47)55)40-22-20-35-25-36(18-19-37(35)27-40)38-23-24-52-49(28-38)50-30-41-29-48-43-11-7-8-16-51(43)57-53(48)31-42(41)32-54(50)58-52/h1-32H. The first kappa shape index (κ1) is 32.3. The van der Waals surface area contributed by atoms with Crippen molar-refractivity contribution < 1.29 is 0 Å². The van der Waals surface area contributed by atoms with Crippen LogP contribution in [0, 0.1) is 0 Å². The van der Waals surface area contributed by atoms with Gasteiger partial charge in [-0.2, -0.15) is 0 Å². The van der Waals surface area contributed by atoms with Gasteiger partial charge in [-0.1, -0.05) is 133 Å². The smallest absolute Gasteiger partial charge is 0.0361 e. The fraction of sp³-hybridized carbons (Fsp3) is 0. The van der Waals surface area contributed by atoms with Crippen LogP contribution in [0.3, 0.4) is 0 Å². The lowest BCUT2D eigenvalue weighted by molar-refractivity contribution is 1.67. The largest absolute Gasteiger partial charge is 0.135 e. The van der Waals surface area contributed by atoms with E-state index in [2.05, 4.69) is 194 Å². The Morgan fingerprint density at radius 2 is 0.603 bits per heavy atom. The molecular formula is C56H32S2. The average Bonchev–Trinajstić information content (AvgIpc) is 3.82. The van der Waals surface area contributed by atoms with Gasteiger partial charge in [0.25, 0.3) is 0 Å². The number of fused-ring (bicyclic) bond motifs is 11. The van der Waals surface area contributed by atoms with Crippen LogP contribution in [0.1, 0.15) is 0 Å². The Hall–Kier alpha value is -6.84. The van der Waals surface area contributed by atoms with Gasteiger partial charge in [-0.3, -0.25) is 0 Å². The van der Waals surface area contributed by atoms with Crippen molar-refractivity contribution in [3.8, 4) is 33.4 Å². The summed E-state index contributed by atoms with van der Waals surface area (Å²) in [7, 11) is 0. The molecule has 2 heteroatoms. The molecule has 0 aliphatic carbocycles. The summed E-state index contributed by atoms with van der Waals surface area (Å²) in [6, 6.07) is 72.8. The molecule has 0 amide bonds. The summed E-state index contributed by atoms with van der Waals surface area (Å²) in [6.45, 7) is 0. The maximum Gasteiger partial charge on any atom is 0.0361 e. The Bertz CT molecular complexity index is 3800. The molecule has 0 atom stereocenters. The Morgan fingerprint density at radius 3 is 1.24 bits per heavy atom. The molecule has 0 aliphatic rings. The van der Waals surface area contributed by atoms with E-state index in [-0.39, 0.29) is 0 Å². The van der Waals surface area contributed by atoms with Gasteiger partial charge in [0.05, 0.1) is 0 Å². The first-order valence-corrected chi connectivity index (χ1v) is 21.5. The highest BCUT2D eigenvalue weighted by Gasteiger charge is 2.18. The second-order valence-corrected chi connectivity index (χ2v) is 17.8. The zero-order valence-corrected chi connectivity index (χ0v) is 32.9. The minimum atomic E-state index is 1.24. The third-order valence-electron chi connectivity index (χ3n) is 12.4. The highest BCUT2D eigenvalue weighted by molar-refractivity contribution is 7.26. The Kier molecular flexibility index (Phi) is 6.86. The van der Waals surface area contributed by atoms with Gasteiger partial charge in [0.1, 0.15) is 0 Å². The first-order valence-electron chi connectivity index (χ1n) is 19.9. The van der Waals surface area contributed by atoms with Crippen molar-refractivity contribution in [2.45, 2.75) is 0 Å². The van der Waals surface area contributed by atoms with Crippen molar-refractivity contribution in [3.63, 3.8) is 0 Å². The normalized spacial score (nSPS) is 12.1. The van der Waals surface area contributed by atoms with Crippen molar-refractivity contribution in [1.29, 1.82) is 0 Å². The van der Waals surface area contributed by atoms with Crippen LogP contribution in [0.4, 0.5) is 0 Å². The Balaban J connectivity index is 0.924. The molecule has 2 heterocycles. The first-order chi connectivity index (χ1) is 28.7. The summed E-state index contributed by atoms with van der Waals surface area (Å²) in [4.78, 5) is 0. The molecule has 0 N–H and O–H groups in total. The van der Waals surface area contributed by atoms with E-state index in [1.54, 1.807) is 0 Å². The minimum Gasteiger partial charge on any atom is -0.135 e. The molecule has 13 rings (SSSR count). The maximum absolute atomic E-state index is 2.42. The van der Waals surface area contributed by atoms with E-state index in [4.69, 9.17) is 0 Å². The molecule has 0 saturated heterocycles. The van der Waals surface area contributed by atoms with E-state index in [9.17, 15) is 0 Å². The summed E-state index contributed by atoms with van der Waals surface area (Å²) in [5.41, 5.74) is 7.56. The van der Waals surface area contributed by atoms with E-state index in [1.807, 2.05) is 22.7 Å². The van der Waals surface area contributed by atoms with Gasteiger partial charge >= 0.3 is 0 Å². The van der Waals surface area contributed by atoms with Crippen LogP contribution in [0.25, 0.3) is 128 Å². The minimum absolute atomic E-state index is 1.24. The van der Waals surface area contributed by atoms with Gasteiger partial charge in [0.15, 0.2) is 0 Å². The summed E-state index contributed by atoms with van der Waals surface area (Å²) < 4.78 is 5.38. The quantitative estimate of drug-likeness (QED) is 0.157. The van der Waals surface area contributed by atoms with Gasteiger partial charge < -0.3 is 0 Å². The third-order valence-corrected chi connectivity index (χ3v) is 14.6. The number of hydrogen-bond donors (Lipinski definition) is 0. The predicted octanol–water partition coefficient (Wildman–Crippen LogP) is 17.2. The van der Waals surface area contributed by atoms with Crippen LogP contribution < -0.4 is 0 Å². The topological polar surface area (TPSA) is 0 Å². The summed E-state index contributed by atoms with van der Waals surface area (Å²) in [5, 5.41) is 18.1. The second kappa shape index (κ2) is 12.3. The van der Waals surface area contributed by atoms with Crippen LogP contribution in [0.2, 0.25) is 0 Å². The number of benzene rings is 11. The molecule has 11 aromatic carbocycles. The van der Waals surface area contributed by atoms with Crippen LogP contribution in [-0.2, 0) is 0 Å². The summed E-state index contributed by atoms with van der Waals surface area (Å²) in [6.07, 6.45) is 0. The van der Waals surface area contributed by atoms with Crippen LogP contribution in [-0.4, -0.2) is 0 Å². The predicted molar refractivity (Wildman–Crippen MR) is 256 cm³/mol. The molecule has 0 nitrogen and oxygen atoms in total. The van der Waals surface area contributed by atoms with E-state index in [1.165, 1.54) is 128 Å². The molecule has 58 heavy (non-hydrogen) atoms. The zero-order valence-electron chi connectivity index (χ0n) is 31.3. The molecule has 0 radical (unpaired) electrons. The molecule has 0 unspecified atom stereocenters. The summed E-state index contributed by atoms with van der Waals surface area (Å²) in [5.74, 6) is 0.